The monoisotopic (exact) mass is 521 g/mol. The van der Waals surface area contributed by atoms with E-state index in [4.69, 9.17) is 11.3 Å². The molecule has 0 saturated heterocycles. The summed E-state index contributed by atoms with van der Waals surface area (Å²) in [5, 5.41) is 11.0. The van der Waals surface area contributed by atoms with Gasteiger partial charge in [-0.05, 0) is 97.9 Å². The largest absolute Gasteiger partial charge is 0.523 e. The van der Waals surface area contributed by atoms with Gasteiger partial charge in [-0.1, -0.05) is 54.0 Å². The molecule has 3 saturated carbocycles. The number of esters is 1. The molecule has 0 amide bonds. The zero-order valence-electron chi connectivity index (χ0n) is 24.8. The van der Waals surface area contributed by atoms with Crippen LogP contribution in [0.25, 0.3) is 4.85 Å². The standard InChI is InChI=1S/C33H47NO4/c1-10-38-27(37)33-15-13-28(2,3)18-20(33)25-22(35)17-24-30(6)19-21(34-9)26(36)29(4,5)23(30)11-12-31(24,7)32(25,8)14-16-33/h17,20,23,25,36H,10-16,18-19H2,1-8H3/t20-,23-,25?,30-,31+,32+,33-/m0/s1. The first kappa shape index (κ1) is 27.5. The highest BCUT2D eigenvalue weighted by atomic mass is 16.5. The lowest BCUT2D eigenvalue weighted by Crippen LogP contribution is -2.65. The number of ether oxygens (including phenoxy) is 1. The lowest BCUT2D eigenvalue weighted by atomic mass is 9.34. The minimum atomic E-state index is -0.577. The van der Waals surface area contributed by atoms with Crippen molar-refractivity contribution in [2.24, 2.45) is 50.2 Å². The van der Waals surface area contributed by atoms with Crippen molar-refractivity contribution in [3.05, 3.63) is 34.5 Å². The number of aliphatic hydroxyl groups excluding tert-OH is 1. The molecule has 0 aromatic rings. The normalized spacial score (nSPS) is 45.0. The van der Waals surface area contributed by atoms with Crippen molar-refractivity contribution in [1.29, 1.82) is 0 Å². The average molecular weight is 522 g/mol. The van der Waals surface area contributed by atoms with E-state index in [-0.39, 0.29) is 56.9 Å². The van der Waals surface area contributed by atoms with Crippen molar-refractivity contribution in [2.75, 3.05) is 6.61 Å². The maximum atomic E-state index is 14.5. The van der Waals surface area contributed by atoms with E-state index in [1.807, 2.05) is 13.0 Å². The Balaban J connectivity index is 1.67. The van der Waals surface area contributed by atoms with Crippen LogP contribution in [0.5, 0.6) is 0 Å². The SMILES string of the molecule is [C-]#[N+]C1=C(O)C(C)(C)[C@@H]2CC[C@]3(C)C(=CC(=O)C4[C@@H]5CC(C)(C)CC[C@]5(C(=O)OCC)CC[C@]43C)[C@@]2(C)C1. The van der Waals surface area contributed by atoms with Crippen LogP contribution in [-0.4, -0.2) is 23.5 Å². The molecule has 0 spiro atoms. The fraction of sp³-hybridized carbons (Fsp3) is 0.788. The molecule has 0 heterocycles. The summed E-state index contributed by atoms with van der Waals surface area (Å²) in [6, 6.07) is 0. The molecule has 0 radical (unpaired) electrons. The number of carbonyl (C=O) groups is 2. The van der Waals surface area contributed by atoms with Crippen molar-refractivity contribution < 1.29 is 19.4 Å². The highest BCUT2D eigenvalue weighted by Gasteiger charge is 2.71. The Morgan fingerprint density at radius 3 is 2.37 bits per heavy atom. The van der Waals surface area contributed by atoms with Gasteiger partial charge >= 0.3 is 5.97 Å². The van der Waals surface area contributed by atoms with Crippen LogP contribution in [-0.2, 0) is 14.3 Å². The molecule has 5 aliphatic carbocycles. The number of fused-ring (bicyclic) bond motifs is 7. The van der Waals surface area contributed by atoms with Gasteiger partial charge in [0.1, 0.15) is 5.76 Å². The van der Waals surface area contributed by atoms with Crippen LogP contribution in [0.15, 0.2) is 23.1 Å². The molecule has 1 unspecified atom stereocenters. The van der Waals surface area contributed by atoms with E-state index in [0.29, 0.717) is 18.7 Å². The first-order valence-electron chi connectivity index (χ1n) is 14.8. The maximum absolute atomic E-state index is 14.5. The van der Waals surface area contributed by atoms with E-state index in [1.165, 1.54) is 5.57 Å². The molecule has 0 bridgehead atoms. The second kappa shape index (κ2) is 8.21. The van der Waals surface area contributed by atoms with Gasteiger partial charge in [-0.3, -0.25) is 9.59 Å². The Morgan fingerprint density at radius 1 is 1.08 bits per heavy atom. The minimum Gasteiger partial charge on any atom is -0.523 e. The number of nitrogens with zero attached hydrogens (tertiary/aromatic N) is 1. The van der Waals surface area contributed by atoms with Crippen LogP contribution in [0.2, 0.25) is 0 Å². The van der Waals surface area contributed by atoms with E-state index in [9.17, 15) is 14.7 Å². The lowest BCUT2D eigenvalue weighted by molar-refractivity contribution is -0.193. The van der Waals surface area contributed by atoms with Crippen LogP contribution >= 0.6 is 0 Å². The third-order valence-electron chi connectivity index (χ3n) is 12.8. The van der Waals surface area contributed by atoms with Crippen LogP contribution < -0.4 is 0 Å². The molecule has 5 aliphatic rings. The molecule has 7 atom stereocenters. The number of ketones is 1. The van der Waals surface area contributed by atoms with Gasteiger partial charge in [0.2, 0.25) is 5.70 Å². The van der Waals surface area contributed by atoms with Gasteiger partial charge < -0.3 is 9.84 Å². The van der Waals surface area contributed by atoms with Crippen LogP contribution in [0.1, 0.15) is 107 Å². The number of carbonyl (C=O) groups excluding carboxylic acids is 2. The summed E-state index contributed by atoms with van der Waals surface area (Å²) in [7, 11) is 0. The van der Waals surface area contributed by atoms with Crippen molar-refractivity contribution in [2.45, 2.75) is 107 Å². The Kier molecular flexibility index (Phi) is 5.94. The minimum absolute atomic E-state index is 0.0257. The van der Waals surface area contributed by atoms with Gasteiger partial charge in [-0.15, -0.1) is 0 Å². The van der Waals surface area contributed by atoms with Gasteiger partial charge in [0.05, 0.1) is 18.6 Å². The Hall–Kier alpha value is -2.09. The smallest absolute Gasteiger partial charge is 0.312 e. The number of hydrogen-bond acceptors (Lipinski definition) is 4. The highest BCUT2D eigenvalue weighted by Crippen LogP contribution is 2.75. The van der Waals surface area contributed by atoms with Crippen molar-refractivity contribution in [3.63, 3.8) is 0 Å². The first-order valence-corrected chi connectivity index (χ1v) is 14.8. The van der Waals surface area contributed by atoms with Crippen LogP contribution in [0.4, 0.5) is 0 Å². The summed E-state index contributed by atoms with van der Waals surface area (Å²) in [6.07, 6.45) is 8.57. The summed E-state index contributed by atoms with van der Waals surface area (Å²) >= 11 is 0. The maximum Gasteiger partial charge on any atom is 0.312 e. The summed E-state index contributed by atoms with van der Waals surface area (Å²) < 4.78 is 5.71. The van der Waals surface area contributed by atoms with Gasteiger partial charge in [0, 0.05) is 11.3 Å². The summed E-state index contributed by atoms with van der Waals surface area (Å²) in [5.41, 5.74) is -0.246. The predicted molar refractivity (Wildman–Crippen MR) is 148 cm³/mol. The quantitative estimate of drug-likeness (QED) is 0.297. The molecule has 5 rings (SSSR count). The van der Waals surface area contributed by atoms with E-state index in [1.54, 1.807) is 0 Å². The fourth-order valence-electron chi connectivity index (χ4n) is 10.5. The second-order valence-corrected chi connectivity index (χ2v) is 15.4. The predicted octanol–water partition coefficient (Wildman–Crippen LogP) is 7.83. The Morgan fingerprint density at radius 2 is 1.74 bits per heavy atom. The number of hydrogen-bond donors (Lipinski definition) is 1. The molecule has 1 N–H and O–H groups in total. The van der Waals surface area contributed by atoms with E-state index < -0.39 is 10.8 Å². The third kappa shape index (κ3) is 3.27. The van der Waals surface area contributed by atoms with E-state index >= 15 is 0 Å². The highest BCUT2D eigenvalue weighted by molar-refractivity contribution is 5.96. The number of rotatable bonds is 2. The summed E-state index contributed by atoms with van der Waals surface area (Å²) in [4.78, 5) is 31.9. The van der Waals surface area contributed by atoms with Crippen LogP contribution in [0.3, 0.4) is 0 Å². The fourth-order valence-corrected chi connectivity index (χ4v) is 10.5. The van der Waals surface area contributed by atoms with Gasteiger partial charge in [0.15, 0.2) is 5.78 Å². The van der Waals surface area contributed by atoms with E-state index in [2.05, 4.69) is 53.3 Å². The number of allylic oxidation sites excluding steroid dienone is 4. The van der Waals surface area contributed by atoms with Crippen molar-refractivity contribution in [1.82, 2.24) is 0 Å². The molecule has 38 heavy (non-hydrogen) atoms. The molecular formula is C33H47NO4. The molecule has 0 aromatic carbocycles. The lowest BCUT2D eigenvalue weighted by Gasteiger charge is -2.69. The van der Waals surface area contributed by atoms with Gasteiger partial charge in [-0.2, -0.15) is 0 Å². The average Bonchev–Trinajstić information content (AvgIpc) is 2.82. The molecule has 208 valence electrons. The van der Waals surface area contributed by atoms with Crippen molar-refractivity contribution in [3.8, 4) is 0 Å². The zero-order valence-corrected chi connectivity index (χ0v) is 24.8. The summed E-state index contributed by atoms with van der Waals surface area (Å²) in [5.74, 6) is 0.216. The first-order chi connectivity index (χ1) is 17.5. The molecule has 5 heteroatoms. The third-order valence-corrected chi connectivity index (χ3v) is 12.8. The molecule has 0 aliphatic heterocycles. The topological polar surface area (TPSA) is 68.0 Å². The zero-order chi connectivity index (χ0) is 28.1. The Bertz CT molecular complexity index is 1190. The number of aliphatic hydroxyl groups is 1. The Labute approximate surface area is 229 Å². The molecule has 0 aromatic heterocycles. The second-order valence-electron chi connectivity index (χ2n) is 15.4. The van der Waals surface area contributed by atoms with E-state index in [0.717, 1.165) is 44.9 Å². The van der Waals surface area contributed by atoms with Crippen molar-refractivity contribution >= 4 is 11.8 Å². The van der Waals surface area contributed by atoms with Gasteiger partial charge in [0.25, 0.3) is 0 Å². The molecular weight excluding hydrogens is 474 g/mol. The molecule has 3 fully saturated rings. The molecule has 5 nitrogen and oxygen atoms in total. The van der Waals surface area contributed by atoms with Gasteiger partial charge in [-0.25, -0.2) is 4.85 Å². The summed E-state index contributed by atoms with van der Waals surface area (Å²) in [6.45, 7) is 25.7. The van der Waals surface area contributed by atoms with Crippen LogP contribution in [0, 0.1) is 56.8 Å².